The Morgan fingerprint density at radius 3 is 2.56 bits per heavy atom. The van der Waals surface area contributed by atoms with E-state index >= 15 is 0 Å². The summed E-state index contributed by atoms with van der Waals surface area (Å²) < 4.78 is 11.2. The Morgan fingerprint density at radius 2 is 2.04 bits per heavy atom. The summed E-state index contributed by atoms with van der Waals surface area (Å²) in [5.41, 5.74) is 1.53. The summed E-state index contributed by atoms with van der Waals surface area (Å²) in [5, 5.41) is 20.6. The zero-order valence-corrected chi connectivity index (χ0v) is 16.0. The summed E-state index contributed by atoms with van der Waals surface area (Å²) in [7, 11) is 1.52. The molecule has 0 fully saturated rings. The van der Waals surface area contributed by atoms with Crippen LogP contribution >= 0.6 is 11.6 Å². The maximum absolute atomic E-state index is 10.8. The lowest BCUT2D eigenvalue weighted by atomic mass is 10.0. The van der Waals surface area contributed by atoms with Crippen molar-refractivity contribution in [2.24, 2.45) is 0 Å². The van der Waals surface area contributed by atoms with Gasteiger partial charge in [0.2, 0.25) is 0 Å². The van der Waals surface area contributed by atoms with E-state index in [1.807, 2.05) is 13.8 Å². The fourth-order valence-corrected chi connectivity index (χ4v) is 2.60. The lowest BCUT2D eigenvalue weighted by Crippen LogP contribution is -2.11. The highest BCUT2D eigenvalue weighted by molar-refractivity contribution is 6.32. The van der Waals surface area contributed by atoms with E-state index in [-0.39, 0.29) is 11.8 Å². The van der Waals surface area contributed by atoms with Crippen LogP contribution in [0, 0.1) is 21.4 Å². The molecule has 0 saturated carbocycles. The smallest absolute Gasteiger partial charge is 0.269 e. The molecule has 27 heavy (non-hydrogen) atoms. The summed E-state index contributed by atoms with van der Waals surface area (Å²) in [6.45, 7) is 3.94. The highest BCUT2D eigenvalue weighted by Crippen LogP contribution is 2.38. The van der Waals surface area contributed by atoms with Gasteiger partial charge in [-0.2, -0.15) is 5.26 Å². The van der Waals surface area contributed by atoms with E-state index < -0.39 is 4.92 Å². The molecule has 0 aliphatic rings. The van der Waals surface area contributed by atoms with E-state index in [2.05, 4.69) is 6.07 Å². The van der Waals surface area contributed by atoms with E-state index in [1.165, 1.54) is 31.4 Å². The number of nitro benzene ring substituents is 1. The van der Waals surface area contributed by atoms with Crippen molar-refractivity contribution < 1.29 is 14.4 Å². The first-order valence-electron chi connectivity index (χ1n) is 8.30. The molecule has 2 aromatic carbocycles. The van der Waals surface area contributed by atoms with Crippen molar-refractivity contribution in [3.8, 4) is 17.6 Å². The predicted octanol–water partition coefficient (Wildman–Crippen LogP) is 5.50. The van der Waals surface area contributed by atoms with Gasteiger partial charge in [-0.15, -0.1) is 0 Å². The Labute approximate surface area is 162 Å². The Kier molecular flexibility index (Phi) is 6.80. The number of benzene rings is 2. The molecule has 0 N–H and O–H groups in total. The maximum atomic E-state index is 10.8. The molecule has 2 aromatic rings. The normalized spacial score (nSPS) is 12.2. The number of ether oxygens (including phenoxy) is 2. The highest BCUT2D eigenvalue weighted by Gasteiger charge is 2.15. The standard InChI is InChI=1S/C20H19ClN2O4/c1-4-13(2)27-20-18(21)10-14(11-19(20)26-3)9-16(12-22)15-5-7-17(8-6-15)23(24)25/h5-11,13H,4H2,1-3H3/b16-9+/t13-/m1/s1. The third-order valence-electron chi connectivity index (χ3n) is 3.97. The molecule has 6 nitrogen and oxygen atoms in total. The molecule has 0 radical (unpaired) electrons. The van der Waals surface area contributed by atoms with Crippen LogP contribution < -0.4 is 9.47 Å². The molecule has 0 aliphatic heterocycles. The third kappa shape index (κ3) is 4.99. The molecule has 0 amide bonds. The topological polar surface area (TPSA) is 85.4 Å². The van der Waals surface area contributed by atoms with Crippen LogP contribution in [-0.2, 0) is 0 Å². The minimum Gasteiger partial charge on any atom is -0.493 e. The van der Waals surface area contributed by atoms with Crippen LogP contribution in [0.5, 0.6) is 11.5 Å². The molecule has 140 valence electrons. The van der Waals surface area contributed by atoms with Crippen molar-refractivity contribution in [1.29, 1.82) is 5.26 Å². The van der Waals surface area contributed by atoms with Gasteiger partial charge in [-0.3, -0.25) is 10.1 Å². The highest BCUT2D eigenvalue weighted by atomic mass is 35.5. The predicted molar refractivity (Wildman–Crippen MR) is 105 cm³/mol. The van der Waals surface area contributed by atoms with E-state index in [0.717, 1.165) is 6.42 Å². The zero-order chi connectivity index (χ0) is 20.0. The number of allylic oxidation sites excluding steroid dienone is 1. The van der Waals surface area contributed by atoms with Gasteiger partial charge in [0.05, 0.1) is 34.8 Å². The third-order valence-corrected chi connectivity index (χ3v) is 4.25. The molecule has 0 heterocycles. The SMILES string of the molecule is CC[C@@H](C)Oc1c(Cl)cc(/C=C(\C#N)c2ccc([N+](=O)[O-])cc2)cc1OC. The Morgan fingerprint density at radius 1 is 1.37 bits per heavy atom. The number of nitrogens with zero attached hydrogens (tertiary/aromatic N) is 2. The first-order valence-corrected chi connectivity index (χ1v) is 8.68. The van der Waals surface area contributed by atoms with E-state index in [9.17, 15) is 15.4 Å². The lowest BCUT2D eigenvalue weighted by molar-refractivity contribution is -0.384. The minimum atomic E-state index is -0.486. The van der Waals surface area contributed by atoms with Gasteiger partial charge in [-0.25, -0.2) is 0 Å². The Balaban J connectivity index is 2.42. The minimum absolute atomic E-state index is 0.0208. The van der Waals surface area contributed by atoms with Gasteiger partial charge in [0.25, 0.3) is 5.69 Å². The second kappa shape index (κ2) is 9.06. The van der Waals surface area contributed by atoms with Crippen molar-refractivity contribution in [2.75, 3.05) is 7.11 Å². The number of non-ortho nitro benzene ring substituents is 1. The van der Waals surface area contributed by atoms with Gasteiger partial charge in [0.15, 0.2) is 11.5 Å². The number of nitro groups is 1. The monoisotopic (exact) mass is 386 g/mol. The van der Waals surface area contributed by atoms with Crippen LogP contribution in [0.15, 0.2) is 36.4 Å². The molecule has 1 atom stereocenters. The number of rotatable bonds is 7. The summed E-state index contributed by atoms with van der Waals surface area (Å²) in [4.78, 5) is 10.3. The fraction of sp³-hybridized carbons (Fsp3) is 0.250. The summed E-state index contributed by atoms with van der Waals surface area (Å²) in [6.07, 6.45) is 2.44. The van der Waals surface area contributed by atoms with Crippen molar-refractivity contribution in [1.82, 2.24) is 0 Å². The first kappa shape index (κ1) is 20.3. The number of nitriles is 1. The van der Waals surface area contributed by atoms with Gasteiger partial charge in [-0.1, -0.05) is 18.5 Å². The van der Waals surface area contributed by atoms with E-state index in [4.69, 9.17) is 21.1 Å². The van der Waals surface area contributed by atoms with Gasteiger partial charge in [-0.05, 0) is 54.8 Å². The average molecular weight is 387 g/mol. The number of halogens is 1. The number of hydrogen-bond acceptors (Lipinski definition) is 5. The first-order chi connectivity index (χ1) is 12.9. The fourth-order valence-electron chi connectivity index (χ4n) is 2.33. The molecule has 0 spiro atoms. The van der Waals surface area contributed by atoms with Crippen molar-refractivity contribution in [2.45, 2.75) is 26.4 Å². The van der Waals surface area contributed by atoms with Gasteiger partial charge < -0.3 is 9.47 Å². The maximum Gasteiger partial charge on any atom is 0.269 e. The molecule has 0 aliphatic carbocycles. The van der Waals surface area contributed by atoms with Crippen LogP contribution in [0.25, 0.3) is 11.6 Å². The van der Waals surface area contributed by atoms with Crippen LogP contribution in [0.1, 0.15) is 31.4 Å². The van der Waals surface area contributed by atoms with E-state index in [1.54, 1.807) is 18.2 Å². The molecular weight excluding hydrogens is 368 g/mol. The van der Waals surface area contributed by atoms with Crippen LogP contribution in [0.4, 0.5) is 5.69 Å². The number of methoxy groups -OCH3 is 1. The van der Waals surface area contributed by atoms with Crippen LogP contribution in [0.2, 0.25) is 5.02 Å². The zero-order valence-electron chi connectivity index (χ0n) is 15.2. The van der Waals surface area contributed by atoms with Crippen molar-refractivity contribution in [3.05, 3.63) is 62.7 Å². The second-order valence-electron chi connectivity index (χ2n) is 5.84. The summed E-state index contributed by atoms with van der Waals surface area (Å²) in [5.74, 6) is 0.926. The van der Waals surface area contributed by atoms with Crippen LogP contribution in [0.3, 0.4) is 0 Å². The van der Waals surface area contributed by atoms with Gasteiger partial charge >= 0.3 is 0 Å². The van der Waals surface area contributed by atoms with Crippen molar-refractivity contribution >= 4 is 28.9 Å². The quantitative estimate of drug-likeness (QED) is 0.271. The lowest BCUT2D eigenvalue weighted by Gasteiger charge is -2.17. The largest absolute Gasteiger partial charge is 0.493 e. The molecule has 0 bridgehead atoms. The van der Waals surface area contributed by atoms with E-state index in [0.29, 0.717) is 33.2 Å². The Bertz CT molecular complexity index is 901. The molecule has 0 saturated heterocycles. The van der Waals surface area contributed by atoms with Crippen molar-refractivity contribution in [3.63, 3.8) is 0 Å². The molecule has 0 unspecified atom stereocenters. The average Bonchev–Trinajstić information content (AvgIpc) is 2.67. The van der Waals surface area contributed by atoms with Gasteiger partial charge in [0.1, 0.15) is 0 Å². The molecule has 7 heteroatoms. The molecular formula is C20H19ClN2O4. The molecule has 0 aromatic heterocycles. The van der Waals surface area contributed by atoms with Crippen LogP contribution in [-0.4, -0.2) is 18.1 Å². The number of hydrogen-bond donors (Lipinski definition) is 0. The summed E-state index contributed by atoms with van der Waals surface area (Å²) in [6, 6.07) is 11.3. The Hall–Kier alpha value is -3.04. The second-order valence-corrected chi connectivity index (χ2v) is 6.25. The van der Waals surface area contributed by atoms with Gasteiger partial charge in [0, 0.05) is 12.1 Å². The molecule has 2 rings (SSSR count). The summed E-state index contributed by atoms with van der Waals surface area (Å²) >= 11 is 6.35.